The fourth-order valence-corrected chi connectivity index (χ4v) is 2.09. The number of nitrogen functional groups attached to an aromatic ring is 1. The Bertz CT molecular complexity index is 923. The van der Waals surface area contributed by atoms with Gasteiger partial charge in [-0.2, -0.15) is 18.2 Å². The molecule has 0 saturated carbocycles. The van der Waals surface area contributed by atoms with E-state index in [2.05, 4.69) is 25.3 Å². The highest BCUT2D eigenvalue weighted by Gasteiger charge is 2.31. The van der Waals surface area contributed by atoms with Gasteiger partial charge in [0.2, 0.25) is 5.88 Å². The molecule has 3 N–H and O–H groups in total. The van der Waals surface area contributed by atoms with Gasteiger partial charge in [0.05, 0.1) is 16.8 Å². The van der Waals surface area contributed by atoms with E-state index in [1.54, 1.807) is 18.3 Å². The van der Waals surface area contributed by atoms with E-state index in [0.717, 1.165) is 6.07 Å². The number of anilines is 3. The molecule has 3 aromatic heterocycles. The fraction of sp³-hybridized carbons (Fsp3) is 0.0667. The van der Waals surface area contributed by atoms with Crippen LogP contribution in [-0.2, 0) is 6.18 Å². The quantitative estimate of drug-likeness (QED) is 0.702. The summed E-state index contributed by atoms with van der Waals surface area (Å²) in [6.45, 7) is 0. The van der Waals surface area contributed by atoms with Crippen LogP contribution in [0.25, 0.3) is 0 Å². The van der Waals surface area contributed by atoms with Gasteiger partial charge in [0.25, 0.3) is 0 Å². The molecule has 11 heteroatoms. The van der Waals surface area contributed by atoms with Crippen LogP contribution in [-0.4, -0.2) is 19.9 Å². The van der Waals surface area contributed by atoms with E-state index in [4.69, 9.17) is 22.1 Å². The number of rotatable bonds is 4. The number of nitrogens with one attached hydrogen (secondary N) is 1. The van der Waals surface area contributed by atoms with Gasteiger partial charge in [0, 0.05) is 12.4 Å². The van der Waals surface area contributed by atoms with Crippen LogP contribution >= 0.6 is 11.6 Å². The van der Waals surface area contributed by atoms with E-state index in [1.165, 1.54) is 12.5 Å². The van der Waals surface area contributed by atoms with Crippen LogP contribution in [0, 0.1) is 0 Å². The Hall–Kier alpha value is -3.14. The smallest absolute Gasteiger partial charge is 0.417 e. The van der Waals surface area contributed by atoms with Crippen molar-refractivity contribution in [2.75, 3.05) is 11.1 Å². The van der Waals surface area contributed by atoms with Gasteiger partial charge in [0.15, 0.2) is 5.82 Å². The molecular formula is C15H10ClF3N6O. The molecule has 26 heavy (non-hydrogen) atoms. The van der Waals surface area contributed by atoms with Crippen molar-refractivity contribution in [3.8, 4) is 11.6 Å². The molecule has 0 unspecified atom stereocenters. The third-order valence-electron chi connectivity index (χ3n) is 3.10. The van der Waals surface area contributed by atoms with E-state index >= 15 is 0 Å². The molecule has 134 valence electrons. The SMILES string of the molecule is Nc1c(Nc2ncc(C(F)(F)F)cc2Cl)ncnc1Oc1cccnc1. The van der Waals surface area contributed by atoms with Gasteiger partial charge in [-0.3, -0.25) is 4.98 Å². The standard InChI is InChI=1S/C15H10ClF3N6O/c16-10-4-8(15(17,18)19)5-22-12(10)25-13-11(20)14(24-7-23-13)26-9-2-1-3-21-6-9/h1-7H,20H2,(H,22,23,24,25). The molecule has 3 aromatic rings. The molecule has 0 saturated heterocycles. The van der Waals surface area contributed by atoms with Gasteiger partial charge in [-0.05, 0) is 18.2 Å². The number of alkyl halides is 3. The average Bonchev–Trinajstić information content (AvgIpc) is 2.60. The summed E-state index contributed by atoms with van der Waals surface area (Å²) in [7, 11) is 0. The molecule has 0 bridgehead atoms. The number of hydrogen-bond acceptors (Lipinski definition) is 7. The van der Waals surface area contributed by atoms with E-state index in [0.29, 0.717) is 11.9 Å². The lowest BCUT2D eigenvalue weighted by atomic mass is 10.3. The number of nitrogens with zero attached hydrogens (tertiary/aromatic N) is 4. The summed E-state index contributed by atoms with van der Waals surface area (Å²) < 4.78 is 43.5. The Kier molecular flexibility index (Phi) is 4.76. The van der Waals surface area contributed by atoms with Gasteiger partial charge >= 0.3 is 6.18 Å². The maximum absolute atomic E-state index is 12.7. The van der Waals surface area contributed by atoms with Crippen molar-refractivity contribution in [3.05, 3.63) is 53.7 Å². The zero-order chi connectivity index (χ0) is 18.7. The summed E-state index contributed by atoms with van der Waals surface area (Å²) in [6, 6.07) is 4.06. The monoisotopic (exact) mass is 382 g/mol. The summed E-state index contributed by atoms with van der Waals surface area (Å²) in [5, 5.41) is 2.42. The van der Waals surface area contributed by atoms with Gasteiger partial charge in [-0.15, -0.1) is 0 Å². The molecule has 0 aromatic carbocycles. The van der Waals surface area contributed by atoms with Crippen molar-refractivity contribution in [2.45, 2.75) is 6.18 Å². The van der Waals surface area contributed by atoms with Crippen molar-refractivity contribution >= 4 is 28.9 Å². The van der Waals surface area contributed by atoms with Gasteiger partial charge in [0.1, 0.15) is 23.6 Å². The zero-order valence-electron chi connectivity index (χ0n) is 12.8. The van der Waals surface area contributed by atoms with Crippen LogP contribution < -0.4 is 15.8 Å². The van der Waals surface area contributed by atoms with Crippen LogP contribution in [0.4, 0.5) is 30.5 Å². The van der Waals surface area contributed by atoms with Gasteiger partial charge in [-0.25, -0.2) is 9.97 Å². The maximum atomic E-state index is 12.7. The minimum Gasteiger partial charge on any atom is -0.435 e. The van der Waals surface area contributed by atoms with Crippen LogP contribution in [0.5, 0.6) is 11.6 Å². The Balaban J connectivity index is 1.86. The Morgan fingerprint density at radius 3 is 2.58 bits per heavy atom. The summed E-state index contributed by atoms with van der Waals surface area (Å²) in [5.74, 6) is 0.471. The number of aromatic nitrogens is 4. The Labute approximate surface area is 150 Å². The Morgan fingerprint density at radius 1 is 1.12 bits per heavy atom. The number of nitrogens with two attached hydrogens (primary N) is 1. The minimum absolute atomic E-state index is 0.0223. The first kappa shape index (κ1) is 17.7. The molecule has 0 aliphatic heterocycles. The molecule has 0 radical (unpaired) electrons. The van der Waals surface area contributed by atoms with Crippen LogP contribution in [0.2, 0.25) is 5.02 Å². The largest absolute Gasteiger partial charge is 0.435 e. The second-order valence-corrected chi connectivity index (χ2v) is 5.32. The minimum atomic E-state index is -4.55. The number of halogens is 4. The predicted molar refractivity (Wildman–Crippen MR) is 88.3 cm³/mol. The van der Waals surface area contributed by atoms with Crippen LogP contribution in [0.15, 0.2) is 43.1 Å². The van der Waals surface area contributed by atoms with Gasteiger partial charge in [-0.1, -0.05) is 11.6 Å². The molecule has 0 fully saturated rings. The highest BCUT2D eigenvalue weighted by atomic mass is 35.5. The molecule has 7 nitrogen and oxygen atoms in total. The zero-order valence-corrected chi connectivity index (χ0v) is 13.6. The first-order valence-electron chi connectivity index (χ1n) is 7.02. The predicted octanol–water partition coefficient (Wildman–Crippen LogP) is 4.06. The third kappa shape index (κ3) is 3.91. The second kappa shape index (κ2) is 7.00. The van der Waals surface area contributed by atoms with Crippen molar-refractivity contribution in [3.63, 3.8) is 0 Å². The van der Waals surface area contributed by atoms with Crippen LogP contribution in [0.3, 0.4) is 0 Å². The summed E-state index contributed by atoms with van der Waals surface area (Å²) >= 11 is 5.86. The van der Waals surface area contributed by atoms with E-state index in [9.17, 15) is 13.2 Å². The summed E-state index contributed by atoms with van der Waals surface area (Å²) in [5.41, 5.74) is 5.00. The lowest BCUT2D eigenvalue weighted by Crippen LogP contribution is -2.08. The molecule has 0 aliphatic carbocycles. The summed E-state index contributed by atoms with van der Waals surface area (Å²) in [6.07, 6.45) is 0.305. The first-order chi connectivity index (χ1) is 12.3. The molecule has 0 atom stereocenters. The maximum Gasteiger partial charge on any atom is 0.417 e. The van der Waals surface area contributed by atoms with Crippen molar-refractivity contribution < 1.29 is 17.9 Å². The number of ether oxygens (including phenoxy) is 1. The van der Waals surface area contributed by atoms with Crippen molar-refractivity contribution in [2.24, 2.45) is 0 Å². The molecule has 3 heterocycles. The van der Waals surface area contributed by atoms with Gasteiger partial charge < -0.3 is 15.8 Å². The highest BCUT2D eigenvalue weighted by Crippen LogP contribution is 2.35. The molecule has 0 amide bonds. The van der Waals surface area contributed by atoms with Crippen molar-refractivity contribution in [1.29, 1.82) is 0 Å². The van der Waals surface area contributed by atoms with Crippen LogP contribution in [0.1, 0.15) is 5.56 Å². The van der Waals surface area contributed by atoms with E-state index < -0.39 is 11.7 Å². The Morgan fingerprint density at radius 2 is 1.92 bits per heavy atom. The molecule has 3 rings (SSSR count). The van der Waals surface area contributed by atoms with E-state index in [-0.39, 0.29) is 28.2 Å². The molecule has 0 spiro atoms. The number of pyridine rings is 2. The normalized spacial score (nSPS) is 11.2. The highest BCUT2D eigenvalue weighted by molar-refractivity contribution is 6.33. The van der Waals surface area contributed by atoms with Crippen molar-refractivity contribution in [1.82, 2.24) is 19.9 Å². The lowest BCUT2D eigenvalue weighted by molar-refractivity contribution is -0.137. The molecular weight excluding hydrogens is 373 g/mol. The van der Waals surface area contributed by atoms with E-state index in [1.807, 2.05) is 0 Å². The average molecular weight is 383 g/mol. The summed E-state index contributed by atoms with van der Waals surface area (Å²) in [4.78, 5) is 15.4. The molecule has 0 aliphatic rings. The number of hydrogen-bond donors (Lipinski definition) is 2. The second-order valence-electron chi connectivity index (χ2n) is 4.91. The third-order valence-corrected chi connectivity index (χ3v) is 3.39. The fourth-order valence-electron chi connectivity index (χ4n) is 1.88. The topological polar surface area (TPSA) is 98.8 Å². The first-order valence-corrected chi connectivity index (χ1v) is 7.40. The lowest BCUT2D eigenvalue weighted by Gasteiger charge is -2.13.